The number of hydrogen-bond donors (Lipinski definition) is 1. The van der Waals surface area contributed by atoms with Crippen molar-refractivity contribution in [2.24, 2.45) is 5.92 Å². The van der Waals surface area contributed by atoms with Crippen LogP contribution in [-0.2, 0) is 0 Å². The van der Waals surface area contributed by atoms with Gasteiger partial charge in [-0.2, -0.15) is 0 Å². The van der Waals surface area contributed by atoms with E-state index >= 15 is 0 Å². The van der Waals surface area contributed by atoms with Gasteiger partial charge in [-0.1, -0.05) is 6.92 Å². The molecule has 2 heteroatoms. The first kappa shape index (κ1) is 10.1. The predicted octanol–water partition coefficient (Wildman–Crippen LogP) is 2.00. The van der Waals surface area contributed by atoms with Crippen LogP contribution in [0.2, 0.25) is 0 Å². The molecular formula is C13H24N2. The first-order valence-corrected chi connectivity index (χ1v) is 6.89. The molecule has 1 N–H and O–H groups in total. The first-order chi connectivity index (χ1) is 7.40. The molecular weight excluding hydrogens is 184 g/mol. The molecule has 2 heterocycles. The molecule has 3 unspecified atom stereocenters. The van der Waals surface area contributed by atoms with Gasteiger partial charge in [0.25, 0.3) is 0 Å². The van der Waals surface area contributed by atoms with Gasteiger partial charge in [-0.3, -0.25) is 4.90 Å². The number of likely N-dealkylation sites (tertiary alicyclic amines) is 1. The molecule has 2 saturated heterocycles. The third kappa shape index (κ3) is 1.83. The Morgan fingerprint density at radius 2 is 2.07 bits per heavy atom. The Morgan fingerprint density at radius 3 is 2.80 bits per heavy atom. The Balaban J connectivity index is 1.73. The summed E-state index contributed by atoms with van der Waals surface area (Å²) >= 11 is 0. The molecule has 3 atom stereocenters. The van der Waals surface area contributed by atoms with Gasteiger partial charge in [0.1, 0.15) is 0 Å². The second-order valence-electron chi connectivity index (χ2n) is 5.62. The van der Waals surface area contributed by atoms with Gasteiger partial charge < -0.3 is 5.32 Å². The monoisotopic (exact) mass is 208 g/mol. The maximum Gasteiger partial charge on any atom is 0.0252 e. The summed E-state index contributed by atoms with van der Waals surface area (Å²) in [5.41, 5.74) is 0. The highest BCUT2D eigenvalue weighted by Crippen LogP contribution is 2.37. The van der Waals surface area contributed by atoms with Crippen LogP contribution in [-0.4, -0.2) is 36.1 Å². The zero-order chi connectivity index (χ0) is 10.3. The van der Waals surface area contributed by atoms with Crippen molar-refractivity contribution in [3.8, 4) is 0 Å². The van der Waals surface area contributed by atoms with E-state index < -0.39 is 0 Å². The van der Waals surface area contributed by atoms with Gasteiger partial charge in [0.15, 0.2) is 0 Å². The average molecular weight is 208 g/mol. The number of piperidine rings is 2. The number of nitrogens with one attached hydrogen (secondary N) is 1. The zero-order valence-corrected chi connectivity index (χ0v) is 9.91. The molecule has 3 fully saturated rings. The van der Waals surface area contributed by atoms with Crippen LogP contribution in [0.4, 0.5) is 0 Å². The molecule has 3 aliphatic rings. The maximum absolute atomic E-state index is 3.79. The van der Waals surface area contributed by atoms with Gasteiger partial charge in [0, 0.05) is 18.1 Å². The molecule has 86 valence electrons. The molecule has 0 aromatic heterocycles. The van der Waals surface area contributed by atoms with Crippen molar-refractivity contribution in [3.63, 3.8) is 0 Å². The lowest BCUT2D eigenvalue weighted by Gasteiger charge is -2.48. The predicted molar refractivity (Wildman–Crippen MR) is 62.9 cm³/mol. The van der Waals surface area contributed by atoms with Crippen molar-refractivity contribution < 1.29 is 0 Å². The minimum Gasteiger partial charge on any atom is -0.312 e. The summed E-state index contributed by atoms with van der Waals surface area (Å²) in [6.07, 6.45) is 8.60. The van der Waals surface area contributed by atoms with Crippen LogP contribution < -0.4 is 5.32 Å². The fourth-order valence-electron chi connectivity index (χ4n) is 3.79. The van der Waals surface area contributed by atoms with Gasteiger partial charge >= 0.3 is 0 Å². The SMILES string of the molecule is CCC1C2NCCCC2CCN1C1CC1. The summed E-state index contributed by atoms with van der Waals surface area (Å²) in [5, 5.41) is 3.79. The normalized spacial score (nSPS) is 42.6. The van der Waals surface area contributed by atoms with E-state index in [0.717, 1.165) is 24.0 Å². The molecule has 0 spiro atoms. The van der Waals surface area contributed by atoms with E-state index in [1.165, 1.54) is 51.6 Å². The Bertz CT molecular complexity index is 225. The van der Waals surface area contributed by atoms with Crippen LogP contribution in [0.15, 0.2) is 0 Å². The van der Waals surface area contributed by atoms with E-state index in [1.807, 2.05) is 0 Å². The molecule has 0 aromatic carbocycles. The molecule has 3 rings (SSSR count). The average Bonchev–Trinajstić information content (AvgIpc) is 3.11. The number of hydrogen-bond acceptors (Lipinski definition) is 2. The third-order valence-corrected chi connectivity index (χ3v) is 4.67. The molecule has 0 radical (unpaired) electrons. The largest absolute Gasteiger partial charge is 0.312 e. The molecule has 2 nitrogen and oxygen atoms in total. The summed E-state index contributed by atoms with van der Waals surface area (Å²) < 4.78 is 0. The molecule has 1 aliphatic carbocycles. The van der Waals surface area contributed by atoms with E-state index in [0.29, 0.717) is 0 Å². The van der Waals surface area contributed by atoms with Gasteiger partial charge in [-0.25, -0.2) is 0 Å². The minimum atomic E-state index is 0.818. The van der Waals surface area contributed by atoms with Gasteiger partial charge in [-0.15, -0.1) is 0 Å². The fraction of sp³-hybridized carbons (Fsp3) is 1.00. The van der Waals surface area contributed by atoms with E-state index in [-0.39, 0.29) is 0 Å². The molecule has 0 amide bonds. The molecule has 2 aliphatic heterocycles. The van der Waals surface area contributed by atoms with Gasteiger partial charge in [0.2, 0.25) is 0 Å². The molecule has 1 saturated carbocycles. The number of fused-ring (bicyclic) bond motifs is 1. The zero-order valence-electron chi connectivity index (χ0n) is 9.91. The van der Waals surface area contributed by atoms with E-state index in [9.17, 15) is 0 Å². The van der Waals surface area contributed by atoms with Crippen LogP contribution in [0.5, 0.6) is 0 Å². The summed E-state index contributed by atoms with van der Waals surface area (Å²) in [4.78, 5) is 2.82. The van der Waals surface area contributed by atoms with Gasteiger partial charge in [0.05, 0.1) is 0 Å². The summed E-state index contributed by atoms with van der Waals surface area (Å²) in [7, 11) is 0. The highest BCUT2D eigenvalue weighted by atomic mass is 15.2. The maximum atomic E-state index is 3.79. The van der Waals surface area contributed by atoms with E-state index in [2.05, 4.69) is 17.1 Å². The lowest BCUT2D eigenvalue weighted by atomic mass is 9.79. The summed E-state index contributed by atoms with van der Waals surface area (Å²) in [5.74, 6) is 0.985. The quantitative estimate of drug-likeness (QED) is 0.746. The van der Waals surface area contributed by atoms with Crippen LogP contribution in [0.25, 0.3) is 0 Å². The molecule has 0 aromatic rings. The molecule has 0 bridgehead atoms. The van der Waals surface area contributed by atoms with Crippen molar-refractivity contribution in [2.75, 3.05) is 13.1 Å². The minimum absolute atomic E-state index is 0.818. The standard InChI is InChI=1S/C13H24N2/c1-2-12-13-10(4-3-8-14-13)7-9-15(12)11-5-6-11/h10-14H,2-9H2,1H3. The summed E-state index contributed by atoms with van der Waals surface area (Å²) in [6.45, 7) is 5.01. The number of nitrogens with zero attached hydrogens (tertiary/aromatic N) is 1. The van der Waals surface area contributed by atoms with Crippen molar-refractivity contribution in [1.82, 2.24) is 10.2 Å². The van der Waals surface area contributed by atoms with E-state index in [4.69, 9.17) is 0 Å². The van der Waals surface area contributed by atoms with Crippen LogP contribution in [0, 0.1) is 5.92 Å². The van der Waals surface area contributed by atoms with Crippen molar-refractivity contribution in [2.45, 2.75) is 63.6 Å². The van der Waals surface area contributed by atoms with Crippen LogP contribution in [0.3, 0.4) is 0 Å². The highest BCUT2D eigenvalue weighted by Gasteiger charge is 2.43. The van der Waals surface area contributed by atoms with Gasteiger partial charge in [-0.05, 0) is 57.5 Å². The molecule has 15 heavy (non-hydrogen) atoms. The van der Waals surface area contributed by atoms with E-state index in [1.54, 1.807) is 0 Å². The lowest BCUT2D eigenvalue weighted by molar-refractivity contribution is 0.0457. The Labute approximate surface area is 93.4 Å². The first-order valence-electron chi connectivity index (χ1n) is 6.89. The van der Waals surface area contributed by atoms with Crippen LogP contribution >= 0.6 is 0 Å². The third-order valence-electron chi connectivity index (χ3n) is 4.67. The van der Waals surface area contributed by atoms with Crippen molar-refractivity contribution >= 4 is 0 Å². The number of rotatable bonds is 2. The Morgan fingerprint density at radius 1 is 1.20 bits per heavy atom. The Hall–Kier alpha value is -0.0800. The fourth-order valence-corrected chi connectivity index (χ4v) is 3.79. The smallest absolute Gasteiger partial charge is 0.0252 e. The van der Waals surface area contributed by atoms with Crippen LogP contribution in [0.1, 0.15) is 45.4 Å². The van der Waals surface area contributed by atoms with Crippen molar-refractivity contribution in [1.29, 1.82) is 0 Å². The second kappa shape index (κ2) is 4.06. The topological polar surface area (TPSA) is 15.3 Å². The Kier molecular flexibility index (Phi) is 2.73. The van der Waals surface area contributed by atoms with Crippen molar-refractivity contribution in [3.05, 3.63) is 0 Å². The highest BCUT2D eigenvalue weighted by molar-refractivity contribution is 5.00. The lowest BCUT2D eigenvalue weighted by Crippen LogP contribution is -2.60. The summed E-state index contributed by atoms with van der Waals surface area (Å²) in [6, 6.07) is 2.62. The second-order valence-corrected chi connectivity index (χ2v) is 5.62.